The molecule has 8 nitrogen and oxygen atoms in total. The fourth-order valence-corrected chi connectivity index (χ4v) is 3.47. The van der Waals surface area contributed by atoms with Gasteiger partial charge in [0.1, 0.15) is 0 Å². The van der Waals surface area contributed by atoms with E-state index in [0.717, 1.165) is 24.1 Å². The zero-order chi connectivity index (χ0) is 19.8. The predicted octanol–water partition coefficient (Wildman–Crippen LogP) is 2.22. The Labute approximate surface area is 167 Å². The highest BCUT2D eigenvalue weighted by Crippen LogP contribution is 2.30. The van der Waals surface area contributed by atoms with Crippen LogP contribution in [-0.4, -0.2) is 57.6 Å². The first-order valence-electron chi connectivity index (χ1n) is 9.83. The van der Waals surface area contributed by atoms with Crippen LogP contribution in [0.15, 0.2) is 42.5 Å². The van der Waals surface area contributed by atoms with Gasteiger partial charge in [-0.15, -0.1) is 5.10 Å². The smallest absolute Gasteiger partial charge is 0.254 e. The molecule has 1 saturated heterocycles. The molecule has 148 valence electrons. The highest BCUT2D eigenvalue weighted by Gasteiger charge is 2.30. The molecule has 0 bridgehead atoms. The Morgan fingerprint density at radius 2 is 1.79 bits per heavy atom. The largest absolute Gasteiger partial charge is 0.378 e. The Bertz CT molecular complexity index is 1070. The lowest BCUT2D eigenvalue weighted by Gasteiger charge is -2.26. The summed E-state index contributed by atoms with van der Waals surface area (Å²) in [6.45, 7) is 2.40. The van der Waals surface area contributed by atoms with Crippen molar-refractivity contribution in [1.29, 1.82) is 0 Å². The average Bonchev–Trinajstić information content (AvgIpc) is 3.54. The third-order valence-electron chi connectivity index (χ3n) is 5.27. The molecule has 8 heteroatoms. The van der Waals surface area contributed by atoms with E-state index in [9.17, 15) is 9.59 Å². The van der Waals surface area contributed by atoms with Crippen molar-refractivity contribution in [1.82, 2.24) is 19.5 Å². The zero-order valence-corrected chi connectivity index (χ0v) is 15.9. The second-order valence-corrected chi connectivity index (χ2v) is 7.36. The lowest BCUT2D eigenvalue weighted by atomic mass is 10.1. The number of morpholine rings is 1. The van der Waals surface area contributed by atoms with Crippen LogP contribution in [0.5, 0.6) is 0 Å². The number of anilines is 1. The number of carbonyl (C=O) groups excluding carboxylic acids is 2. The molecule has 1 saturated carbocycles. The number of fused-ring (bicyclic) bond motifs is 1. The molecule has 3 heterocycles. The van der Waals surface area contributed by atoms with Crippen molar-refractivity contribution in [2.45, 2.75) is 12.8 Å². The van der Waals surface area contributed by atoms with Gasteiger partial charge in [0.25, 0.3) is 5.91 Å². The van der Waals surface area contributed by atoms with Crippen molar-refractivity contribution in [2.75, 3.05) is 31.6 Å². The third kappa shape index (κ3) is 3.58. The number of carbonyl (C=O) groups is 2. The van der Waals surface area contributed by atoms with Gasteiger partial charge in [0.15, 0.2) is 5.65 Å². The summed E-state index contributed by atoms with van der Waals surface area (Å²) in [5.41, 5.74) is 3.06. The van der Waals surface area contributed by atoms with E-state index in [1.807, 2.05) is 47.4 Å². The fourth-order valence-electron chi connectivity index (χ4n) is 3.47. The molecule has 2 aromatic heterocycles. The van der Waals surface area contributed by atoms with Crippen molar-refractivity contribution >= 4 is 23.4 Å². The second-order valence-electron chi connectivity index (χ2n) is 7.36. The van der Waals surface area contributed by atoms with Crippen LogP contribution in [-0.2, 0) is 9.53 Å². The molecule has 0 spiro atoms. The SMILES string of the molecule is O=C(Nc1nc2cccc(-c3ccc(C(=O)N4CCOCC4)cc3)n2n1)C1CC1. The van der Waals surface area contributed by atoms with E-state index in [0.29, 0.717) is 43.5 Å². The van der Waals surface area contributed by atoms with Crippen LogP contribution in [0.1, 0.15) is 23.2 Å². The zero-order valence-electron chi connectivity index (χ0n) is 15.9. The van der Waals surface area contributed by atoms with E-state index in [2.05, 4.69) is 15.4 Å². The summed E-state index contributed by atoms with van der Waals surface area (Å²) in [4.78, 5) is 30.8. The molecule has 1 aliphatic carbocycles. The molecule has 0 unspecified atom stereocenters. The van der Waals surface area contributed by atoms with Crippen molar-refractivity contribution in [3.05, 3.63) is 48.0 Å². The molecule has 2 aliphatic rings. The van der Waals surface area contributed by atoms with Gasteiger partial charge in [-0.2, -0.15) is 4.98 Å². The van der Waals surface area contributed by atoms with Gasteiger partial charge in [0.2, 0.25) is 11.9 Å². The summed E-state index contributed by atoms with van der Waals surface area (Å²) >= 11 is 0. The van der Waals surface area contributed by atoms with Crippen molar-refractivity contribution in [3.8, 4) is 11.3 Å². The van der Waals surface area contributed by atoms with E-state index in [4.69, 9.17) is 4.74 Å². The topological polar surface area (TPSA) is 88.8 Å². The van der Waals surface area contributed by atoms with E-state index >= 15 is 0 Å². The molecule has 1 aliphatic heterocycles. The maximum atomic E-state index is 12.6. The number of pyridine rings is 1. The first kappa shape index (κ1) is 17.8. The molecule has 29 heavy (non-hydrogen) atoms. The number of rotatable bonds is 4. The Kier molecular flexibility index (Phi) is 4.48. The van der Waals surface area contributed by atoms with E-state index < -0.39 is 0 Å². The van der Waals surface area contributed by atoms with Crippen LogP contribution in [0, 0.1) is 5.92 Å². The monoisotopic (exact) mass is 391 g/mol. The second kappa shape index (κ2) is 7.29. The maximum absolute atomic E-state index is 12.6. The Balaban J connectivity index is 1.40. The number of nitrogens with one attached hydrogen (secondary N) is 1. The quantitative estimate of drug-likeness (QED) is 0.737. The first-order chi connectivity index (χ1) is 14.2. The first-order valence-corrected chi connectivity index (χ1v) is 9.83. The van der Waals surface area contributed by atoms with Gasteiger partial charge in [-0.3, -0.25) is 14.9 Å². The lowest BCUT2D eigenvalue weighted by molar-refractivity contribution is -0.117. The normalized spacial score (nSPS) is 16.8. The number of hydrogen-bond acceptors (Lipinski definition) is 5. The van der Waals surface area contributed by atoms with E-state index in [1.165, 1.54) is 0 Å². The van der Waals surface area contributed by atoms with Gasteiger partial charge in [0, 0.05) is 30.1 Å². The molecular weight excluding hydrogens is 370 g/mol. The van der Waals surface area contributed by atoms with Crippen molar-refractivity contribution in [3.63, 3.8) is 0 Å². The Morgan fingerprint density at radius 3 is 2.52 bits per heavy atom. The van der Waals surface area contributed by atoms with Gasteiger partial charge >= 0.3 is 0 Å². The standard InChI is InChI=1S/C21H21N5O3/c27-19(15-6-7-15)23-21-22-18-3-1-2-17(26(18)24-21)14-4-8-16(9-5-14)20(28)25-10-12-29-13-11-25/h1-5,8-9,15H,6-7,10-13H2,(H,23,24,27). The summed E-state index contributed by atoms with van der Waals surface area (Å²) in [5, 5.41) is 7.24. The molecule has 0 atom stereocenters. The number of hydrogen-bond donors (Lipinski definition) is 1. The molecule has 5 rings (SSSR count). The molecule has 1 N–H and O–H groups in total. The lowest BCUT2D eigenvalue weighted by Crippen LogP contribution is -2.40. The predicted molar refractivity (Wildman–Crippen MR) is 106 cm³/mol. The van der Waals surface area contributed by atoms with Crippen LogP contribution in [0.2, 0.25) is 0 Å². The summed E-state index contributed by atoms with van der Waals surface area (Å²) in [7, 11) is 0. The van der Waals surface area contributed by atoms with Gasteiger partial charge in [-0.25, -0.2) is 4.52 Å². The minimum absolute atomic E-state index is 0.0175. The van der Waals surface area contributed by atoms with Crippen LogP contribution in [0.25, 0.3) is 16.9 Å². The minimum atomic E-state index is -0.0200. The highest BCUT2D eigenvalue weighted by atomic mass is 16.5. The van der Waals surface area contributed by atoms with Gasteiger partial charge < -0.3 is 9.64 Å². The van der Waals surface area contributed by atoms with E-state index in [1.54, 1.807) is 4.52 Å². The minimum Gasteiger partial charge on any atom is -0.378 e. The molecular formula is C21H21N5O3. The third-order valence-corrected chi connectivity index (χ3v) is 5.27. The highest BCUT2D eigenvalue weighted by molar-refractivity contribution is 5.95. The number of aromatic nitrogens is 3. The summed E-state index contributed by atoms with van der Waals surface area (Å²) in [5.74, 6) is 0.406. The van der Waals surface area contributed by atoms with Crippen LogP contribution >= 0.6 is 0 Å². The number of benzene rings is 1. The van der Waals surface area contributed by atoms with Gasteiger partial charge in [-0.05, 0) is 37.1 Å². The molecule has 0 radical (unpaired) electrons. The van der Waals surface area contributed by atoms with E-state index in [-0.39, 0.29) is 17.7 Å². The molecule has 3 aromatic rings. The number of amides is 2. The molecule has 2 fully saturated rings. The maximum Gasteiger partial charge on any atom is 0.254 e. The average molecular weight is 391 g/mol. The van der Waals surface area contributed by atoms with Crippen LogP contribution in [0.4, 0.5) is 5.95 Å². The Morgan fingerprint density at radius 1 is 1.03 bits per heavy atom. The number of nitrogens with zero attached hydrogens (tertiary/aromatic N) is 4. The summed E-state index contributed by atoms with van der Waals surface area (Å²) in [6.07, 6.45) is 1.86. The Hall–Kier alpha value is -3.26. The summed E-state index contributed by atoms with van der Waals surface area (Å²) in [6, 6.07) is 13.2. The summed E-state index contributed by atoms with van der Waals surface area (Å²) < 4.78 is 7.02. The molecule has 2 amide bonds. The van der Waals surface area contributed by atoms with Crippen LogP contribution < -0.4 is 5.32 Å². The van der Waals surface area contributed by atoms with Gasteiger partial charge in [-0.1, -0.05) is 18.2 Å². The van der Waals surface area contributed by atoms with Crippen molar-refractivity contribution < 1.29 is 14.3 Å². The van der Waals surface area contributed by atoms with Crippen LogP contribution in [0.3, 0.4) is 0 Å². The molecule has 1 aromatic carbocycles. The van der Waals surface area contributed by atoms with Gasteiger partial charge in [0.05, 0.1) is 18.9 Å². The number of ether oxygens (including phenoxy) is 1. The van der Waals surface area contributed by atoms with Crippen molar-refractivity contribution in [2.24, 2.45) is 5.92 Å². The fraction of sp³-hybridized carbons (Fsp3) is 0.333.